The molecular weight excluding hydrogens is 224 g/mol. The highest BCUT2D eigenvalue weighted by molar-refractivity contribution is 6.20. The van der Waals surface area contributed by atoms with Crippen LogP contribution in [-0.2, 0) is 0 Å². The van der Waals surface area contributed by atoms with E-state index in [1.54, 1.807) is 18.3 Å². The third-order valence-corrected chi connectivity index (χ3v) is 2.44. The van der Waals surface area contributed by atoms with Gasteiger partial charge in [0.05, 0.1) is 0 Å². The smallest absolute Gasteiger partial charge is 0.251 e. The summed E-state index contributed by atoms with van der Waals surface area (Å²) >= 11 is 5.81. The molecule has 0 aliphatic carbocycles. The van der Waals surface area contributed by atoms with E-state index in [1.165, 1.54) is 0 Å². The van der Waals surface area contributed by atoms with Gasteiger partial charge >= 0.3 is 0 Å². The van der Waals surface area contributed by atoms with E-state index in [-0.39, 0.29) is 11.3 Å². The Kier molecular flexibility index (Phi) is 5.26. The highest BCUT2D eigenvalue weighted by Gasteiger charge is 2.05. The minimum Gasteiger partial charge on any atom is -0.352 e. The van der Waals surface area contributed by atoms with Crippen LogP contribution in [0.5, 0.6) is 0 Å². The number of halogens is 1. The van der Waals surface area contributed by atoms with Gasteiger partial charge in [-0.15, -0.1) is 11.6 Å². The number of aryl methyl sites for hydroxylation is 1. The maximum atomic E-state index is 11.7. The zero-order valence-electron chi connectivity index (χ0n) is 9.66. The number of hydrogen-bond acceptors (Lipinski definition) is 2. The number of hydrogen-bond donors (Lipinski definition) is 1. The van der Waals surface area contributed by atoms with Crippen LogP contribution >= 0.6 is 11.6 Å². The second kappa shape index (κ2) is 6.48. The van der Waals surface area contributed by atoms with Gasteiger partial charge in [0.15, 0.2) is 0 Å². The van der Waals surface area contributed by atoms with E-state index in [0.717, 1.165) is 18.5 Å². The molecule has 0 saturated carbocycles. The monoisotopic (exact) mass is 240 g/mol. The number of nitrogens with one attached hydrogen (secondary N) is 1. The lowest BCUT2D eigenvalue weighted by atomic mass is 10.2. The summed E-state index contributed by atoms with van der Waals surface area (Å²) in [5.41, 5.74) is 1.51. The van der Waals surface area contributed by atoms with E-state index in [1.807, 2.05) is 13.8 Å². The zero-order chi connectivity index (χ0) is 12.0. The van der Waals surface area contributed by atoms with Gasteiger partial charge in [0.2, 0.25) is 0 Å². The highest BCUT2D eigenvalue weighted by atomic mass is 35.5. The van der Waals surface area contributed by atoms with Crippen molar-refractivity contribution in [1.82, 2.24) is 10.3 Å². The maximum Gasteiger partial charge on any atom is 0.251 e. The molecule has 1 unspecified atom stereocenters. The molecule has 0 aliphatic rings. The molecule has 4 heteroatoms. The third kappa shape index (κ3) is 4.62. The van der Waals surface area contributed by atoms with Crippen LogP contribution in [0, 0.1) is 6.92 Å². The molecule has 1 atom stereocenters. The summed E-state index contributed by atoms with van der Waals surface area (Å²) in [6.45, 7) is 4.48. The molecule has 0 aromatic carbocycles. The number of pyridine rings is 1. The van der Waals surface area contributed by atoms with Gasteiger partial charge in [-0.2, -0.15) is 0 Å². The summed E-state index contributed by atoms with van der Waals surface area (Å²) in [5.74, 6) is -0.0484. The van der Waals surface area contributed by atoms with Crippen LogP contribution in [0.2, 0.25) is 0 Å². The fourth-order valence-electron chi connectivity index (χ4n) is 1.37. The Morgan fingerprint density at radius 2 is 2.38 bits per heavy atom. The summed E-state index contributed by atoms with van der Waals surface area (Å²) in [6.07, 6.45) is 3.46. The lowest BCUT2D eigenvalue weighted by Gasteiger charge is -2.06. The first-order valence-corrected chi connectivity index (χ1v) is 5.88. The predicted molar refractivity (Wildman–Crippen MR) is 65.9 cm³/mol. The standard InChI is InChI=1S/C12H17ClN2O/c1-9(13)4-3-6-15-12(16)11-5-7-14-10(2)8-11/h5,7-9H,3-4,6H2,1-2H3,(H,15,16). The van der Waals surface area contributed by atoms with Crippen LogP contribution in [0.15, 0.2) is 18.3 Å². The van der Waals surface area contributed by atoms with Crippen LogP contribution in [0.25, 0.3) is 0 Å². The first-order chi connectivity index (χ1) is 7.59. The van der Waals surface area contributed by atoms with Crippen molar-refractivity contribution < 1.29 is 4.79 Å². The van der Waals surface area contributed by atoms with E-state index >= 15 is 0 Å². The number of carbonyl (C=O) groups excluding carboxylic acids is 1. The molecule has 0 bridgehead atoms. The molecule has 0 spiro atoms. The average Bonchev–Trinajstić information content (AvgIpc) is 2.24. The second-order valence-corrected chi connectivity index (χ2v) is 4.61. The summed E-state index contributed by atoms with van der Waals surface area (Å²) in [7, 11) is 0. The van der Waals surface area contributed by atoms with E-state index in [4.69, 9.17) is 11.6 Å². The molecule has 1 aromatic rings. The predicted octanol–water partition coefficient (Wildman–Crippen LogP) is 2.53. The van der Waals surface area contributed by atoms with Gasteiger partial charge in [-0.3, -0.25) is 9.78 Å². The van der Waals surface area contributed by atoms with Crippen LogP contribution in [-0.4, -0.2) is 22.8 Å². The highest BCUT2D eigenvalue weighted by Crippen LogP contribution is 2.03. The molecule has 3 nitrogen and oxygen atoms in total. The second-order valence-electron chi connectivity index (χ2n) is 3.86. The summed E-state index contributed by atoms with van der Waals surface area (Å²) in [6, 6.07) is 3.49. The maximum absolute atomic E-state index is 11.7. The number of amides is 1. The van der Waals surface area contributed by atoms with Crippen molar-refractivity contribution in [3.8, 4) is 0 Å². The molecule has 0 saturated heterocycles. The number of rotatable bonds is 5. The number of nitrogens with zero attached hydrogens (tertiary/aromatic N) is 1. The molecule has 1 aromatic heterocycles. The summed E-state index contributed by atoms with van der Waals surface area (Å²) < 4.78 is 0. The van der Waals surface area contributed by atoms with Crippen LogP contribution in [0.4, 0.5) is 0 Å². The molecule has 1 rings (SSSR count). The Morgan fingerprint density at radius 3 is 3.00 bits per heavy atom. The zero-order valence-corrected chi connectivity index (χ0v) is 10.4. The minimum atomic E-state index is -0.0484. The molecule has 0 fully saturated rings. The van der Waals surface area contributed by atoms with E-state index in [2.05, 4.69) is 10.3 Å². The normalized spacial score (nSPS) is 12.2. The van der Waals surface area contributed by atoms with Gasteiger partial charge in [-0.1, -0.05) is 0 Å². The molecule has 16 heavy (non-hydrogen) atoms. The molecule has 1 N–H and O–H groups in total. The first-order valence-electron chi connectivity index (χ1n) is 5.44. The van der Waals surface area contributed by atoms with E-state index in [9.17, 15) is 4.79 Å². The van der Waals surface area contributed by atoms with Gasteiger partial charge in [0.1, 0.15) is 0 Å². The van der Waals surface area contributed by atoms with Crippen molar-refractivity contribution in [3.63, 3.8) is 0 Å². The largest absolute Gasteiger partial charge is 0.352 e. The number of carbonyl (C=O) groups is 1. The lowest BCUT2D eigenvalue weighted by molar-refractivity contribution is 0.0953. The fourth-order valence-corrected chi connectivity index (χ4v) is 1.53. The van der Waals surface area contributed by atoms with Crippen molar-refractivity contribution in [3.05, 3.63) is 29.6 Å². The molecule has 1 amide bonds. The minimum absolute atomic E-state index is 0.0484. The van der Waals surface area contributed by atoms with Crippen molar-refractivity contribution in [2.24, 2.45) is 0 Å². The Balaban J connectivity index is 2.35. The average molecular weight is 241 g/mol. The Labute approximate surface area is 101 Å². The SMILES string of the molecule is Cc1cc(C(=O)NCCCC(C)Cl)ccn1. The topological polar surface area (TPSA) is 42.0 Å². The molecular formula is C12H17ClN2O. The van der Waals surface area contributed by atoms with Gasteiger partial charge in [-0.05, 0) is 38.8 Å². The van der Waals surface area contributed by atoms with Gasteiger partial charge < -0.3 is 5.32 Å². The van der Waals surface area contributed by atoms with Gasteiger partial charge in [-0.25, -0.2) is 0 Å². The third-order valence-electron chi connectivity index (χ3n) is 2.22. The van der Waals surface area contributed by atoms with Crippen LogP contribution in [0.3, 0.4) is 0 Å². The Hall–Kier alpha value is -1.09. The molecule has 88 valence electrons. The van der Waals surface area contributed by atoms with E-state index < -0.39 is 0 Å². The first kappa shape index (κ1) is 13.0. The van der Waals surface area contributed by atoms with Crippen molar-refractivity contribution in [1.29, 1.82) is 0 Å². The lowest BCUT2D eigenvalue weighted by Crippen LogP contribution is -2.24. The van der Waals surface area contributed by atoms with Crippen LogP contribution < -0.4 is 5.32 Å². The van der Waals surface area contributed by atoms with Gasteiger partial charge in [0, 0.05) is 29.4 Å². The van der Waals surface area contributed by atoms with Crippen molar-refractivity contribution >= 4 is 17.5 Å². The fraction of sp³-hybridized carbons (Fsp3) is 0.500. The molecule has 1 heterocycles. The summed E-state index contributed by atoms with van der Waals surface area (Å²) in [5, 5.41) is 3.02. The Bertz CT molecular complexity index is 353. The van der Waals surface area contributed by atoms with E-state index in [0.29, 0.717) is 12.1 Å². The Morgan fingerprint density at radius 1 is 1.62 bits per heavy atom. The van der Waals surface area contributed by atoms with Crippen molar-refractivity contribution in [2.75, 3.05) is 6.54 Å². The quantitative estimate of drug-likeness (QED) is 0.635. The van der Waals surface area contributed by atoms with Gasteiger partial charge in [0.25, 0.3) is 5.91 Å². The molecule has 0 aliphatic heterocycles. The van der Waals surface area contributed by atoms with Crippen LogP contribution in [0.1, 0.15) is 35.8 Å². The number of alkyl halides is 1. The molecule has 0 radical (unpaired) electrons. The van der Waals surface area contributed by atoms with Crippen molar-refractivity contribution in [2.45, 2.75) is 32.1 Å². The number of aromatic nitrogens is 1. The summed E-state index contributed by atoms with van der Waals surface area (Å²) in [4.78, 5) is 15.7.